The maximum atomic E-state index is 2.46. The third-order valence-corrected chi connectivity index (χ3v) is 13.1. The second-order valence-corrected chi connectivity index (χ2v) is 16.9. The Morgan fingerprint density at radius 3 is 1.67 bits per heavy atom. The van der Waals surface area contributed by atoms with Crippen molar-refractivity contribution in [2.75, 3.05) is 9.80 Å². The molecule has 0 radical (unpaired) electrons. The van der Waals surface area contributed by atoms with Crippen LogP contribution in [0.5, 0.6) is 0 Å². The molecule has 1 heterocycles. The molecule has 11 rings (SSSR count). The molecule has 2 nitrogen and oxygen atoms in total. The van der Waals surface area contributed by atoms with Crippen molar-refractivity contribution in [3.05, 3.63) is 217 Å². The van der Waals surface area contributed by atoms with E-state index in [1.165, 1.54) is 70.0 Å². The van der Waals surface area contributed by atoms with Gasteiger partial charge in [-0.3, -0.25) is 0 Å². The minimum atomic E-state index is -0.194. The third-order valence-electron chi connectivity index (χ3n) is 12.0. The Morgan fingerprint density at radius 1 is 0.379 bits per heavy atom. The number of hydrogen-bond donors (Lipinski definition) is 0. The molecule has 0 saturated heterocycles. The number of para-hydroxylation sites is 2. The SMILES string of the molecule is CC1(C)c2ccc(N(c3ccccc3)c3cccc4sc5cc6ccccc6cc5c34)cc2-c2ccc(N(c3ccccc3)c3ccc(-c4ccccc4)cc3)cc21. The third kappa shape index (κ3) is 5.62. The van der Waals surface area contributed by atoms with E-state index in [2.05, 4.69) is 230 Å². The predicted octanol–water partition coefficient (Wildman–Crippen LogP) is 16.1. The molecule has 0 saturated carbocycles. The lowest BCUT2D eigenvalue weighted by Crippen LogP contribution is -2.17. The van der Waals surface area contributed by atoms with E-state index in [0.717, 1.165) is 28.4 Å². The van der Waals surface area contributed by atoms with Crippen LogP contribution in [0.4, 0.5) is 34.1 Å². The molecule has 10 aromatic rings. The van der Waals surface area contributed by atoms with E-state index < -0.39 is 0 Å². The predicted molar refractivity (Wildman–Crippen MR) is 249 cm³/mol. The lowest BCUT2D eigenvalue weighted by Gasteiger charge is -2.28. The molecule has 0 unspecified atom stereocenters. The fraction of sp³-hybridized carbons (Fsp3) is 0.0545. The number of nitrogens with zero attached hydrogens (tertiary/aromatic N) is 2. The number of benzene rings is 9. The summed E-state index contributed by atoms with van der Waals surface area (Å²) in [6, 6.07) is 75.5. The van der Waals surface area contributed by atoms with E-state index in [9.17, 15) is 0 Å². The van der Waals surface area contributed by atoms with Gasteiger partial charge in [-0.1, -0.05) is 135 Å². The Bertz CT molecular complexity index is 3130. The topological polar surface area (TPSA) is 6.48 Å². The number of hydrogen-bond acceptors (Lipinski definition) is 3. The molecule has 0 amide bonds. The highest BCUT2D eigenvalue weighted by Gasteiger charge is 2.37. The quantitative estimate of drug-likeness (QED) is 0.160. The molecular weight excluding hydrogens is 721 g/mol. The van der Waals surface area contributed by atoms with Crippen LogP contribution in [0.3, 0.4) is 0 Å². The summed E-state index contributed by atoms with van der Waals surface area (Å²) in [4.78, 5) is 4.84. The van der Waals surface area contributed by atoms with E-state index in [4.69, 9.17) is 0 Å². The van der Waals surface area contributed by atoms with Gasteiger partial charge in [0.15, 0.2) is 0 Å². The highest BCUT2D eigenvalue weighted by Crippen LogP contribution is 2.53. The molecular formula is C55H40N2S. The maximum Gasteiger partial charge on any atom is 0.0554 e. The second-order valence-electron chi connectivity index (χ2n) is 15.8. The van der Waals surface area contributed by atoms with Crippen molar-refractivity contribution in [2.45, 2.75) is 19.3 Å². The second kappa shape index (κ2) is 13.6. The fourth-order valence-corrected chi connectivity index (χ4v) is 10.3. The normalized spacial score (nSPS) is 12.8. The molecule has 0 N–H and O–H groups in total. The van der Waals surface area contributed by atoms with Gasteiger partial charge in [0.1, 0.15) is 0 Å². The molecule has 58 heavy (non-hydrogen) atoms. The smallest absolute Gasteiger partial charge is 0.0554 e. The minimum Gasteiger partial charge on any atom is -0.310 e. The summed E-state index contributed by atoms with van der Waals surface area (Å²) in [5.74, 6) is 0. The fourth-order valence-electron chi connectivity index (χ4n) is 9.15. The van der Waals surface area contributed by atoms with Gasteiger partial charge in [0, 0.05) is 54.0 Å². The molecule has 0 spiro atoms. The summed E-state index contributed by atoms with van der Waals surface area (Å²) in [7, 11) is 0. The van der Waals surface area contributed by atoms with E-state index in [0.29, 0.717) is 0 Å². The lowest BCUT2D eigenvalue weighted by atomic mass is 9.82. The zero-order valence-electron chi connectivity index (χ0n) is 32.4. The average Bonchev–Trinajstić information content (AvgIpc) is 3.75. The summed E-state index contributed by atoms with van der Waals surface area (Å²) in [5, 5.41) is 5.13. The summed E-state index contributed by atoms with van der Waals surface area (Å²) in [6.07, 6.45) is 0. The Hall–Kier alpha value is -6.94. The molecule has 9 aromatic carbocycles. The van der Waals surface area contributed by atoms with Crippen molar-refractivity contribution in [1.29, 1.82) is 0 Å². The van der Waals surface area contributed by atoms with Crippen molar-refractivity contribution in [1.82, 2.24) is 0 Å². The van der Waals surface area contributed by atoms with Gasteiger partial charge in [0.25, 0.3) is 0 Å². The van der Waals surface area contributed by atoms with Crippen LogP contribution in [0.15, 0.2) is 206 Å². The number of anilines is 6. The van der Waals surface area contributed by atoms with Gasteiger partial charge in [0.2, 0.25) is 0 Å². The van der Waals surface area contributed by atoms with Gasteiger partial charge in [-0.05, 0) is 129 Å². The van der Waals surface area contributed by atoms with Gasteiger partial charge < -0.3 is 9.80 Å². The van der Waals surface area contributed by atoms with E-state index >= 15 is 0 Å². The van der Waals surface area contributed by atoms with Crippen molar-refractivity contribution < 1.29 is 0 Å². The lowest BCUT2D eigenvalue weighted by molar-refractivity contribution is 0.660. The summed E-state index contributed by atoms with van der Waals surface area (Å²) in [6.45, 7) is 4.75. The molecule has 276 valence electrons. The van der Waals surface area contributed by atoms with E-state index in [1.54, 1.807) is 0 Å². The average molecular weight is 761 g/mol. The van der Waals surface area contributed by atoms with Gasteiger partial charge >= 0.3 is 0 Å². The van der Waals surface area contributed by atoms with E-state index in [-0.39, 0.29) is 5.41 Å². The van der Waals surface area contributed by atoms with Crippen LogP contribution < -0.4 is 9.80 Å². The van der Waals surface area contributed by atoms with Crippen molar-refractivity contribution >= 4 is 76.4 Å². The van der Waals surface area contributed by atoms with Gasteiger partial charge in [-0.15, -0.1) is 11.3 Å². The van der Waals surface area contributed by atoms with Crippen LogP contribution in [0, 0.1) is 0 Å². The highest BCUT2D eigenvalue weighted by molar-refractivity contribution is 7.26. The van der Waals surface area contributed by atoms with Crippen LogP contribution in [-0.2, 0) is 5.41 Å². The van der Waals surface area contributed by atoms with Crippen molar-refractivity contribution in [3.8, 4) is 22.3 Å². The Kier molecular flexibility index (Phi) is 8.06. The molecule has 1 aliphatic carbocycles. The zero-order valence-corrected chi connectivity index (χ0v) is 33.2. The molecule has 0 bridgehead atoms. The first kappa shape index (κ1) is 34.3. The molecule has 0 fully saturated rings. The van der Waals surface area contributed by atoms with Crippen molar-refractivity contribution in [2.24, 2.45) is 0 Å². The minimum absolute atomic E-state index is 0.194. The molecule has 3 heteroatoms. The first-order valence-electron chi connectivity index (χ1n) is 20.0. The first-order chi connectivity index (χ1) is 28.5. The largest absolute Gasteiger partial charge is 0.310 e. The highest BCUT2D eigenvalue weighted by atomic mass is 32.1. The number of fused-ring (bicyclic) bond motifs is 7. The monoisotopic (exact) mass is 760 g/mol. The Balaban J connectivity index is 1.04. The molecule has 0 aliphatic heterocycles. The van der Waals surface area contributed by atoms with E-state index in [1.807, 2.05) is 11.3 Å². The Labute approximate surface area is 343 Å². The molecule has 1 aromatic heterocycles. The van der Waals surface area contributed by atoms with Gasteiger partial charge in [0.05, 0.1) is 5.69 Å². The molecule has 1 aliphatic rings. The van der Waals surface area contributed by atoms with Crippen molar-refractivity contribution in [3.63, 3.8) is 0 Å². The zero-order chi connectivity index (χ0) is 38.8. The maximum absolute atomic E-state index is 2.46. The van der Waals surface area contributed by atoms with Crippen LogP contribution in [-0.4, -0.2) is 0 Å². The summed E-state index contributed by atoms with van der Waals surface area (Å²) in [5.41, 5.74) is 14.4. The van der Waals surface area contributed by atoms with Crippen LogP contribution in [0.1, 0.15) is 25.0 Å². The first-order valence-corrected chi connectivity index (χ1v) is 20.8. The number of rotatable bonds is 7. The van der Waals surface area contributed by atoms with Gasteiger partial charge in [-0.2, -0.15) is 0 Å². The van der Waals surface area contributed by atoms with Crippen LogP contribution in [0.25, 0.3) is 53.2 Å². The summed E-state index contributed by atoms with van der Waals surface area (Å²) < 4.78 is 2.60. The van der Waals surface area contributed by atoms with Gasteiger partial charge in [-0.25, -0.2) is 0 Å². The van der Waals surface area contributed by atoms with Crippen LogP contribution in [0.2, 0.25) is 0 Å². The number of thiophene rings is 1. The molecule has 0 atom stereocenters. The Morgan fingerprint density at radius 2 is 0.948 bits per heavy atom. The van der Waals surface area contributed by atoms with Crippen LogP contribution >= 0.6 is 11.3 Å². The standard InChI is InChI=1S/C55H40N2S/c1-55(2)49-32-30-44(57(42-21-10-5-11-22-42)51-23-14-24-52-54(51)48-33-39-17-12-13-18-40(39)34-53(48)58-52)35-47(49)46-31-29-45(36-50(46)55)56(41-19-8-4-9-20-41)43-27-25-38(26-28-43)37-15-6-3-7-16-37/h3-36H,1-2H3. The summed E-state index contributed by atoms with van der Waals surface area (Å²) >= 11 is 1.88.